The van der Waals surface area contributed by atoms with Crippen LogP contribution in [-0.4, -0.2) is 37.6 Å². The van der Waals surface area contributed by atoms with Crippen molar-refractivity contribution in [3.63, 3.8) is 0 Å². The van der Waals surface area contributed by atoms with E-state index in [0.29, 0.717) is 24.8 Å². The lowest BCUT2D eigenvalue weighted by atomic mass is 9.91. The highest BCUT2D eigenvalue weighted by Gasteiger charge is 2.35. The zero-order valence-corrected chi connectivity index (χ0v) is 11.5. The maximum atomic E-state index is 12.3. The minimum absolute atomic E-state index is 0.0103. The van der Waals surface area contributed by atoms with Crippen LogP contribution in [0, 0.1) is 11.8 Å². The average Bonchev–Trinajstić information content (AvgIpc) is 2.61. The normalized spacial score (nSPS) is 33.1. The van der Waals surface area contributed by atoms with Crippen LogP contribution in [0.4, 0.5) is 0 Å². The van der Waals surface area contributed by atoms with Gasteiger partial charge in [0.1, 0.15) is 0 Å². The molecular weight excluding hydrogens is 236 g/mol. The fourth-order valence-corrected chi connectivity index (χ4v) is 4.93. The smallest absolute Gasteiger partial charge is 0.214 e. The molecule has 1 aliphatic carbocycles. The third-order valence-electron chi connectivity index (χ3n) is 4.20. The van der Waals surface area contributed by atoms with Gasteiger partial charge in [0, 0.05) is 19.1 Å². The average molecular weight is 260 g/mol. The lowest BCUT2D eigenvalue weighted by Gasteiger charge is -2.24. The Balaban J connectivity index is 1.94. The molecule has 0 amide bonds. The Bertz CT molecular complexity index is 340. The number of hydrogen-bond donors (Lipinski definition) is 1. The van der Waals surface area contributed by atoms with Crippen molar-refractivity contribution in [2.45, 2.75) is 45.1 Å². The molecule has 2 unspecified atom stereocenters. The van der Waals surface area contributed by atoms with Gasteiger partial charge in [-0.15, -0.1) is 0 Å². The molecule has 2 fully saturated rings. The van der Waals surface area contributed by atoms with Gasteiger partial charge in [0.05, 0.1) is 5.75 Å². The summed E-state index contributed by atoms with van der Waals surface area (Å²) in [5.41, 5.74) is 5.89. The van der Waals surface area contributed by atoms with Gasteiger partial charge in [0.15, 0.2) is 0 Å². The lowest BCUT2D eigenvalue weighted by molar-refractivity contribution is 0.374. The maximum absolute atomic E-state index is 12.3. The maximum Gasteiger partial charge on any atom is 0.214 e. The molecule has 4 nitrogen and oxygen atoms in total. The van der Waals surface area contributed by atoms with Crippen molar-refractivity contribution in [1.82, 2.24) is 4.31 Å². The van der Waals surface area contributed by atoms with Crippen LogP contribution in [0.1, 0.15) is 39.0 Å². The van der Waals surface area contributed by atoms with Gasteiger partial charge in [-0.25, -0.2) is 12.7 Å². The van der Waals surface area contributed by atoms with Gasteiger partial charge in [0.2, 0.25) is 10.0 Å². The molecule has 0 bridgehead atoms. The summed E-state index contributed by atoms with van der Waals surface area (Å²) in [6.07, 6.45) is 5.80. The highest BCUT2D eigenvalue weighted by molar-refractivity contribution is 7.89. The van der Waals surface area contributed by atoms with E-state index in [1.54, 1.807) is 4.31 Å². The Morgan fingerprint density at radius 2 is 1.82 bits per heavy atom. The van der Waals surface area contributed by atoms with Gasteiger partial charge >= 0.3 is 0 Å². The van der Waals surface area contributed by atoms with Gasteiger partial charge in [-0.3, -0.25) is 0 Å². The van der Waals surface area contributed by atoms with Crippen LogP contribution >= 0.6 is 0 Å². The van der Waals surface area contributed by atoms with E-state index < -0.39 is 10.0 Å². The van der Waals surface area contributed by atoms with Gasteiger partial charge in [-0.1, -0.05) is 26.2 Å². The molecule has 1 aliphatic heterocycles. The van der Waals surface area contributed by atoms with Crippen LogP contribution < -0.4 is 5.73 Å². The molecule has 100 valence electrons. The zero-order chi connectivity index (χ0) is 12.5. The Morgan fingerprint density at radius 1 is 1.18 bits per heavy atom. The second-order valence-corrected chi connectivity index (χ2v) is 7.75. The van der Waals surface area contributed by atoms with E-state index in [-0.39, 0.29) is 12.0 Å². The Hall–Kier alpha value is -0.130. The van der Waals surface area contributed by atoms with Crippen LogP contribution in [0.25, 0.3) is 0 Å². The molecule has 0 radical (unpaired) electrons. The van der Waals surface area contributed by atoms with E-state index in [0.717, 1.165) is 12.8 Å². The van der Waals surface area contributed by atoms with Crippen molar-refractivity contribution in [2.24, 2.45) is 17.6 Å². The monoisotopic (exact) mass is 260 g/mol. The summed E-state index contributed by atoms with van der Waals surface area (Å²) in [7, 11) is -3.07. The molecule has 0 aromatic rings. The second kappa shape index (κ2) is 5.24. The van der Waals surface area contributed by atoms with Crippen LogP contribution in [0.2, 0.25) is 0 Å². The first-order valence-electron chi connectivity index (χ1n) is 6.72. The van der Waals surface area contributed by atoms with Gasteiger partial charge in [0.25, 0.3) is 0 Å². The summed E-state index contributed by atoms with van der Waals surface area (Å²) in [6, 6.07) is 0.0103. The number of nitrogens with two attached hydrogens (primary N) is 1. The summed E-state index contributed by atoms with van der Waals surface area (Å²) in [5.74, 6) is 1.00. The molecule has 0 spiro atoms. The lowest BCUT2D eigenvalue weighted by Crippen LogP contribution is -2.36. The first-order valence-corrected chi connectivity index (χ1v) is 8.33. The number of rotatable bonds is 3. The minimum atomic E-state index is -3.07. The SMILES string of the molecule is CC1CN(S(=O)(=O)CC2CCCCC2)CC1N. The molecule has 2 rings (SSSR count). The zero-order valence-electron chi connectivity index (χ0n) is 10.6. The van der Waals surface area contributed by atoms with Crippen molar-refractivity contribution in [1.29, 1.82) is 0 Å². The molecule has 0 aromatic carbocycles. The van der Waals surface area contributed by atoms with Gasteiger partial charge < -0.3 is 5.73 Å². The second-order valence-electron chi connectivity index (χ2n) is 5.74. The van der Waals surface area contributed by atoms with E-state index in [4.69, 9.17) is 5.73 Å². The van der Waals surface area contributed by atoms with Crippen molar-refractivity contribution >= 4 is 10.0 Å². The third kappa shape index (κ3) is 3.20. The molecule has 17 heavy (non-hydrogen) atoms. The van der Waals surface area contributed by atoms with E-state index >= 15 is 0 Å². The van der Waals surface area contributed by atoms with Crippen molar-refractivity contribution < 1.29 is 8.42 Å². The predicted molar refractivity (Wildman–Crippen MR) is 69.1 cm³/mol. The van der Waals surface area contributed by atoms with Crippen LogP contribution in [0.5, 0.6) is 0 Å². The summed E-state index contributed by atoms with van der Waals surface area (Å²) in [6.45, 7) is 3.15. The molecule has 1 saturated carbocycles. The molecule has 1 heterocycles. The van der Waals surface area contributed by atoms with E-state index in [9.17, 15) is 8.42 Å². The number of hydrogen-bond acceptors (Lipinski definition) is 3. The molecule has 2 N–H and O–H groups in total. The third-order valence-corrected chi connectivity index (χ3v) is 6.18. The number of nitrogens with zero attached hydrogens (tertiary/aromatic N) is 1. The standard InChI is InChI=1S/C12H24N2O2S/c1-10-7-14(8-12(10)13)17(15,16)9-11-5-3-2-4-6-11/h10-12H,2-9,13H2,1H3. The van der Waals surface area contributed by atoms with Crippen LogP contribution in [0.15, 0.2) is 0 Å². The summed E-state index contributed by atoms with van der Waals surface area (Å²) >= 11 is 0. The largest absolute Gasteiger partial charge is 0.326 e. The fourth-order valence-electron chi connectivity index (χ4n) is 2.93. The fraction of sp³-hybridized carbons (Fsp3) is 1.00. The molecule has 2 atom stereocenters. The van der Waals surface area contributed by atoms with Crippen molar-refractivity contribution in [2.75, 3.05) is 18.8 Å². The van der Waals surface area contributed by atoms with Crippen molar-refractivity contribution in [3.05, 3.63) is 0 Å². The minimum Gasteiger partial charge on any atom is -0.326 e. The molecule has 1 saturated heterocycles. The molecule has 2 aliphatic rings. The molecular formula is C12H24N2O2S. The summed E-state index contributed by atoms with van der Waals surface area (Å²) < 4.78 is 26.1. The van der Waals surface area contributed by atoms with E-state index in [1.807, 2.05) is 6.92 Å². The topological polar surface area (TPSA) is 63.4 Å². The predicted octanol–water partition coefficient (Wildman–Crippen LogP) is 1.18. The highest BCUT2D eigenvalue weighted by atomic mass is 32.2. The molecule has 5 heteroatoms. The van der Waals surface area contributed by atoms with Crippen LogP contribution in [0.3, 0.4) is 0 Å². The van der Waals surface area contributed by atoms with Crippen molar-refractivity contribution in [3.8, 4) is 0 Å². The first-order chi connectivity index (χ1) is 7.99. The Labute approximate surface area is 105 Å². The summed E-state index contributed by atoms with van der Waals surface area (Å²) in [4.78, 5) is 0. The first kappa shape index (κ1) is 13.3. The summed E-state index contributed by atoms with van der Waals surface area (Å²) in [5, 5.41) is 0. The Kier molecular flexibility index (Phi) is 4.10. The molecule has 0 aromatic heterocycles. The van der Waals surface area contributed by atoms with E-state index in [1.165, 1.54) is 19.3 Å². The Morgan fingerprint density at radius 3 is 2.35 bits per heavy atom. The van der Waals surface area contributed by atoms with Crippen LogP contribution in [-0.2, 0) is 10.0 Å². The van der Waals surface area contributed by atoms with Gasteiger partial charge in [-0.2, -0.15) is 0 Å². The number of sulfonamides is 1. The van der Waals surface area contributed by atoms with E-state index in [2.05, 4.69) is 0 Å². The highest BCUT2D eigenvalue weighted by Crippen LogP contribution is 2.27. The quantitative estimate of drug-likeness (QED) is 0.828. The van der Waals surface area contributed by atoms with Gasteiger partial charge in [-0.05, 0) is 24.7 Å².